The Hall–Kier alpha value is -3.61. The van der Waals surface area contributed by atoms with Crippen LogP contribution in [0.5, 0.6) is 5.75 Å². The van der Waals surface area contributed by atoms with Crippen LogP contribution in [0.2, 0.25) is 0 Å². The molecule has 1 aromatic carbocycles. The molecular weight excluding hydrogens is 657 g/mol. The number of hydrogen-bond acceptors (Lipinski definition) is 10. The predicted molar refractivity (Wildman–Crippen MR) is 186 cm³/mol. The summed E-state index contributed by atoms with van der Waals surface area (Å²) in [6.07, 6.45) is 6.05. The molecule has 0 bridgehead atoms. The number of ketones is 2. The van der Waals surface area contributed by atoms with E-state index < -0.39 is 46.7 Å². The third-order valence-corrected chi connectivity index (χ3v) is 14.0. The van der Waals surface area contributed by atoms with Crippen LogP contribution in [0.1, 0.15) is 82.1 Å². The largest absolute Gasteiger partial charge is 0.487 e. The number of Topliss-reactive ketones (excluding diaryl/α,β-unsaturated/α-hetero) is 1. The molecular formula is C39H48FN3O8. The van der Waals surface area contributed by atoms with Crippen LogP contribution in [0.4, 0.5) is 10.1 Å². The molecule has 4 aliphatic carbocycles. The molecule has 11 nitrogen and oxygen atoms in total. The summed E-state index contributed by atoms with van der Waals surface area (Å²) in [4.78, 5) is 57.6. The molecule has 1 saturated heterocycles. The number of allylic oxidation sites excluding steroid dienone is 1. The minimum atomic E-state index is -1.84. The average Bonchev–Trinajstić information content (AvgIpc) is 3.36. The second-order valence-corrected chi connectivity index (χ2v) is 16.6. The monoisotopic (exact) mass is 705 g/mol. The fraction of sp³-hybridized carbons (Fsp3) is 0.641. The van der Waals surface area contributed by atoms with E-state index in [0.29, 0.717) is 43.6 Å². The predicted octanol–water partition coefficient (Wildman–Crippen LogP) is 3.81. The Kier molecular flexibility index (Phi) is 8.09. The molecule has 51 heavy (non-hydrogen) atoms. The summed E-state index contributed by atoms with van der Waals surface area (Å²) < 4.78 is 29.1. The Morgan fingerprint density at radius 1 is 1.10 bits per heavy atom. The van der Waals surface area contributed by atoms with E-state index in [1.807, 2.05) is 25.8 Å². The highest BCUT2D eigenvalue weighted by Gasteiger charge is 2.68. The maximum Gasteiger partial charge on any atom is 0.344 e. The van der Waals surface area contributed by atoms with E-state index in [0.717, 1.165) is 37.6 Å². The van der Waals surface area contributed by atoms with Crippen molar-refractivity contribution < 1.29 is 38.5 Å². The molecule has 0 spiro atoms. The van der Waals surface area contributed by atoms with Gasteiger partial charge in [-0.3, -0.25) is 14.4 Å². The highest BCUT2D eigenvalue weighted by Crippen LogP contribution is 2.67. The smallest absolute Gasteiger partial charge is 0.344 e. The van der Waals surface area contributed by atoms with E-state index in [1.54, 1.807) is 10.6 Å². The zero-order valence-electron chi connectivity index (χ0n) is 29.9. The Labute approximate surface area is 296 Å². The molecule has 2 aromatic rings. The molecule has 0 radical (unpaired) electrons. The van der Waals surface area contributed by atoms with Gasteiger partial charge in [-0.2, -0.15) is 0 Å². The molecule has 3 heterocycles. The Morgan fingerprint density at radius 3 is 2.59 bits per heavy atom. The third-order valence-electron chi connectivity index (χ3n) is 14.0. The first-order valence-electron chi connectivity index (χ1n) is 18.5. The Bertz CT molecular complexity index is 1930. The summed E-state index contributed by atoms with van der Waals surface area (Å²) in [5.41, 5.74) is -2.31. The van der Waals surface area contributed by atoms with Crippen LogP contribution in [0.15, 0.2) is 28.7 Å². The lowest BCUT2D eigenvalue weighted by Crippen LogP contribution is -2.62. The maximum absolute atomic E-state index is 15.8. The van der Waals surface area contributed by atoms with Crippen LogP contribution in [0, 0.1) is 34.4 Å². The molecule has 0 amide bonds. The van der Waals surface area contributed by atoms with E-state index in [2.05, 4.69) is 11.8 Å². The number of carbonyl (C=O) groups excluding carboxylic acids is 3. The molecule has 8 atom stereocenters. The number of rotatable bonds is 5. The van der Waals surface area contributed by atoms with Crippen molar-refractivity contribution in [1.29, 1.82) is 0 Å². The van der Waals surface area contributed by atoms with Crippen LogP contribution < -0.4 is 15.1 Å². The van der Waals surface area contributed by atoms with Gasteiger partial charge in [-0.15, -0.1) is 0 Å². The standard InChI is InChI=1S/C39H48FN3O8/c1-21-19-50-35-32-25(16-28(40)33(35)42-13-11-41(4)12-14-42)34(47)26(18-43(21)32)36(48)51-20-30(46)39(49)10-8-27-24-6-5-22-15-23(44)7-9-37(22,2)31(24)29(45)17-38(27,39)3/h15-16,18,21,24,27,29,31,45,49H,5-14,17,19-20H2,1-4H3/t21-,24-,27-,29-,31?,37-,38-,39-/m1/s1. The van der Waals surface area contributed by atoms with E-state index >= 15 is 4.39 Å². The number of carbonyl (C=O) groups is 3. The van der Waals surface area contributed by atoms with Crippen molar-refractivity contribution in [2.75, 3.05) is 51.3 Å². The summed E-state index contributed by atoms with van der Waals surface area (Å²) >= 11 is 0. The lowest BCUT2D eigenvalue weighted by molar-refractivity contribution is -0.182. The van der Waals surface area contributed by atoms with Crippen molar-refractivity contribution in [3.05, 3.63) is 45.5 Å². The molecule has 2 aliphatic heterocycles. The number of benzene rings is 1. The lowest BCUT2D eigenvalue weighted by atomic mass is 9.45. The minimum Gasteiger partial charge on any atom is -0.487 e. The molecule has 274 valence electrons. The topological polar surface area (TPSA) is 139 Å². The zero-order chi connectivity index (χ0) is 36.2. The third kappa shape index (κ3) is 4.99. The van der Waals surface area contributed by atoms with Crippen molar-refractivity contribution in [2.24, 2.45) is 28.6 Å². The number of pyridine rings is 1. The van der Waals surface area contributed by atoms with E-state index in [4.69, 9.17) is 9.47 Å². The lowest BCUT2D eigenvalue weighted by Gasteiger charge is -2.60. The number of likely N-dealkylation sites (N-methyl/N-ethyl adjacent to an activating group) is 1. The summed E-state index contributed by atoms with van der Waals surface area (Å²) in [5.74, 6) is -1.92. The Balaban J connectivity index is 1.04. The van der Waals surface area contributed by atoms with Gasteiger partial charge in [0.2, 0.25) is 11.2 Å². The van der Waals surface area contributed by atoms with Crippen molar-refractivity contribution in [1.82, 2.24) is 9.47 Å². The van der Waals surface area contributed by atoms with Gasteiger partial charge in [0.1, 0.15) is 23.5 Å². The first-order chi connectivity index (χ1) is 24.2. The zero-order valence-corrected chi connectivity index (χ0v) is 29.9. The number of ether oxygens (including phenoxy) is 2. The summed E-state index contributed by atoms with van der Waals surface area (Å²) in [5, 5.41) is 23.8. The number of aliphatic hydroxyl groups excluding tert-OH is 1. The first kappa shape index (κ1) is 34.5. The fourth-order valence-electron chi connectivity index (χ4n) is 11.2. The van der Waals surface area contributed by atoms with Gasteiger partial charge in [-0.25, -0.2) is 9.18 Å². The molecule has 12 heteroatoms. The second kappa shape index (κ2) is 12.0. The quantitative estimate of drug-likeness (QED) is 0.442. The van der Waals surface area contributed by atoms with Gasteiger partial charge in [0.25, 0.3) is 0 Å². The highest BCUT2D eigenvalue weighted by atomic mass is 19.1. The van der Waals surface area contributed by atoms with Crippen molar-refractivity contribution >= 4 is 34.1 Å². The molecule has 1 aromatic heterocycles. The van der Waals surface area contributed by atoms with Gasteiger partial charge in [-0.05, 0) is 87.8 Å². The molecule has 8 rings (SSSR count). The normalized spacial score (nSPS) is 36.1. The van der Waals surface area contributed by atoms with E-state index in [9.17, 15) is 29.4 Å². The first-order valence-corrected chi connectivity index (χ1v) is 18.5. The van der Waals surface area contributed by atoms with Crippen molar-refractivity contribution in [3.8, 4) is 5.75 Å². The maximum atomic E-state index is 15.8. The number of hydrogen-bond donors (Lipinski definition) is 2. The molecule has 3 saturated carbocycles. The molecule has 4 fully saturated rings. The number of fused-ring (bicyclic) bond motifs is 5. The second-order valence-electron chi connectivity index (χ2n) is 16.6. The number of nitrogens with zero attached hydrogens (tertiary/aromatic N) is 3. The minimum absolute atomic E-state index is 0.00950. The van der Waals surface area contributed by atoms with Crippen molar-refractivity contribution in [3.63, 3.8) is 0 Å². The van der Waals surface area contributed by atoms with Gasteiger partial charge < -0.3 is 34.1 Å². The molecule has 6 aliphatic rings. The SMILES string of the molecule is C[C@@H]1COc2c(N3CCN(C)CC3)c(F)cc3c(=O)c(C(=O)OCC(=O)[C@]4(O)CC[C@@H]5[C@H]6CCC7=CC(=O)CC[C@@]7(C)C6[C@H](O)C[C@]54C)cn1c23. The summed E-state index contributed by atoms with van der Waals surface area (Å²) in [7, 11) is 2.01. The van der Waals surface area contributed by atoms with Gasteiger partial charge in [-0.1, -0.05) is 19.4 Å². The van der Waals surface area contributed by atoms with E-state index in [-0.39, 0.29) is 71.1 Å². The van der Waals surface area contributed by atoms with Gasteiger partial charge >= 0.3 is 5.97 Å². The van der Waals surface area contributed by atoms with Gasteiger partial charge in [0.15, 0.2) is 24.0 Å². The fourth-order valence-corrected chi connectivity index (χ4v) is 11.2. The van der Waals surface area contributed by atoms with Crippen LogP contribution in [-0.4, -0.2) is 95.4 Å². The number of esters is 1. The number of aromatic nitrogens is 1. The summed E-state index contributed by atoms with van der Waals surface area (Å²) in [6.45, 7) is 8.05. The van der Waals surface area contributed by atoms with Crippen LogP contribution in [-0.2, 0) is 14.3 Å². The molecule has 1 unspecified atom stereocenters. The van der Waals surface area contributed by atoms with Crippen LogP contribution in [0.25, 0.3) is 10.9 Å². The number of piperazine rings is 1. The van der Waals surface area contributed by atoms with E-state index in [1.165, 1.54) is 6.20 Å². The molecule has 2 N–H and O–H groups in total. The average molecular weight is 706 g/mol. The summed E-state index contributed by atoms with van der Waals surface area (Å²) in [6, 6.07) is 0.883. The van der Waals surface area contributed by atoms with Gasteiger partial charge in [0.05, 0.1) is 23.0 Å². The highest BCUT2D eigenvalue weighted by molar-refractivity contribution is 5.99. The number of halogens is 1. The van der Waals surface area contributed by atoms with Crippen LogP contribution in [0.3, 0.4) is 0 Å². The van der Waals surface area contributed by atoms with Crippen LogP contribution >= 0.6 is 0 Å². The number of anilines is 1. The Morgan fingerprint density at radius 2 is 1.84 bits per heavy atom. The number of aliphatic hydroxyl groups is 2. The van der Waals surface area contributed by atoms with Crippen molar-refractivity contribution in [2.45, 2.75) is 83.5 Å². The van der Waals surface area contributed by atoms with Gasteiger partial charge in [0, 0.05) is 44.2 Å².